The van der Waals surface area contributed by atoms with E-state index in [0.717, 1.165) is 0 Å². The Bertz CT molecular complexity index is 476. The van der Waals surface area contributed by atoms with Crippen LogP contribution in [0.2, 0.25) is 0 Å². The van der Waals surface area contributed by atoms with E-state index in [-0.39, 0.29) is 17.9 Å². The summed E-state index contributed by atoms with van der Waals surface area (Å²) >= 11 is 2.98. The molecule has 2 heterocycles. The first-order valence-electron chi connectivity index (χ1n) is 6.58. The Morgan fingerprint density at radius 2 is 2.20 bits per heavy atom. The molecule has 0 bridgehead atoms. The molecule has 0 aliphatic carbocycles. The number of aromatic nitrogens is 1. The van der Waals surface area contributed by atoms with Crippen LogP contribution in [0.25, 0.3) is 0 Å². The molecule has 2 amide bonds. The highest BCUT2D eigenvalue weighted by atomic mass is 32.2. The Balaban J connectivity index is 2.04. The number of nitrogens with zero attached hydrogens (tertiary/aromatic N) is 2. The molecule has 0 saturated carbocycles. The topological polar surface area (TPSA) is 62.3 Å². The second-order valence-corrected chi connectivity index (χ2v) is 6.92. The highest BCUT2D eigenvalue weighted by molar-refractivity contribution is 7.99. The van der Waals surface area contributed by atoms with Crippen LogP contribution in [0.1, 0.15) is 31.3 Å². The van der Waals surface area contributed by atoms with Crippen molar-refractivity contribution in [1.29, 1.82) is 0 Å². The van der Waals surface area contributed by atoms with Gasteiger partial charge in [-0.2, -0.15) is 0 Å². The van der Waals surface area contributed by atoms with Gasteiger partial charge in [0, 0.05) is 17.2 Å². The Morgan fingerprint density at radius 3 is 2.80 bits per heavy atom. The first kappa shape index (κ1) is 15.3. The number of hydrogen-bond acceptors (Lipinski definition) is 5. The summed E-state index contributed by atoms with van der Waals surface area (Å²) in [5.41, 5.74) is 2.05. The van der Waals surface area contributed by atoms with Crippen molar-refractivity contribution >= 4 is 34.9 Å². The third kappa shape index (κ3) is 3.32. The van der Waals surface area contributed by atoms with Gasteiger partial charge in [0.1, 0.15) is 11.7 Å². The van der Waals surface area contributed by atoms with Crippen LogP contribution in [0.5, 0.6) is 0 Å². The summed E-state index contributed by atoms with van der Waals surface area (Å²) in [7, 11) is 0. The lowest BCUT2D eigenvalue weighted by atomic mass is 10.1. The summed E-state index contributed by atoms with van der Waals surface area (Å²) in [6, 6.07) is -0.292. The minimum absolute atomic E-state index is 0.0696. The van der Waals surface area contributed by atoms with Gasteiger partial charge < -0.3 is 10.2 Å². The predicted molar refractivity (Wildman–Crippen MR) is 81.8 cm³/mol. The van der Waals surface area contributed by atoms with Gasteiger partial charge in [-0.25, -0.2) is 4.98 Å². The highest BCUT2D eigenvalue weighted by Gasteiger charge is 2.36. The van der Waals surface area contributed by atoms with Gasteiger partial charge in [-0.05, 0) is 12.8 Å². The van der Waals surface area contributed by atoms with Crippen LogP contribution in [-0.2, 0) is 4.79 Å². The van der Waals surface area contributed by atoms with E-state index in [9.17, 15) is 9.59 Å². The van der Waals surface area contributed by atoms with Gasteiger partial charge in [0.15, 0.2) is 0 Å². The van der Waals surface area contributed by atoms with E-state index >= 15 is 0 Å². The zero-order valence-electron chi connectivity index (χ0n) is 11.8. The monoisotopic (exact) mass is 313 g/mol. The van der Waals surface area contributed by atoms with Crippen LogP contribution >= 0.6 is 23.1 Å². The minimum Gasteiger partial charge on any atom is -0.352 e. The van der Waals surface area contributed by atoms with E-state index in [2.05, 4.69) is 24.1 Å². The van der Waals surface area contributed by atoms with Crippen molar-refractivity contribution in [2.75, 3.05) is 11.6 Å². The maximum atomic E-state index is 12.3. The van der Waals surface area contributed by atoms with Crippen LogP contribution in [0.3, 0.4) is 0 Å². The van der Waals surface area contributed by atoms with Crippen molar-refractivity contribution in [3.8, 4) is 0 Å². The third-order valence-electron chi connectivity index (χ3n) is 3.47. The molecule has 2 atom stereocenters. The molecule has 1 fully saturated rings. The molecular formula is C13H19N3O2S2. The number of thioether (sulfide) groups is 1. The summed E-state index contributed by atoms with van der Waals surface area (Å²) < 4.78 is 0. The molecule has 20 heavy (non-hydrogen) atoms. The van der Waals surface area contributed by atoms with Gasteiger partial charge in [-0.3, -0.25) is 9.59 Å². The molecule has 0 unspecified atom stereocenters. The summed E-state index contributed by atoms with van der Waals surface area (Å²) in [6.45, 7) is 6.11. The fourth-order valence-corrected chi connectivity index (χ4v) is 3.49. The normalized spacial score (nSPS) is 20.2. The maximum Gasteiger partial charge on any atom is 0.274 e. The average Bonchev–Trinajstić information content (AvgIpc) is 3.08. The minimum atomic E-state index is -0.393. The van der Waals surface area contributed by atoms with Gasteiger partial charge >= 0.3 is 0 Å². The Morgan fingerprint density at radius 1 is 1.45 bits per heavy atom. The largest absolute Gasteiger partial charge is 0.352 e. The molecule has 1 aliphatic rings. The summed E-state index contributed by atoms with van der Waals surface area (Å²) in [6.07, 6.45) is 0. The molecule has 0 aromatic carbocycles. The van der Waals surface area contributed by atoms with E-state index < -0.39 is 6.04 Å². The number of hydrogen-bond donors (Lipinski definition) is 1. The van der Waals surface area contributed by atoms with Crippen molar-refractivity contribution in [1.82, 2.24) is 15.2 Å². The van der Waals surface area contributed by atoms with E-state index in [0.29, 0.717) is 23.2 Å². The summed E-state index contributed by atoms with van der Waals surface area (Å²) in [4.78, 5) is 30.3. The number of carbonyl (C=O) groups excluding carboxylic acids is 2. The lowest BCUT2D eigenvalue weighted by molar-refractivity contribution is -0.125. The molecule has 110 valence electrons. The summed E-state index contributed by atoms with van der Waals surface area (Å²) in [5.74, 6) is 1.33. The van der Waals surface area contributed by atoms with Crippen LogP contribution in [0, 0.1) is 5.92 Å². The van der Waals surface area contributed by atoms with E-state index in [1.54, 1.807) is 27.6 Å². The summed E-state index contributed by atoms with van der Waals surface area (Å²) in [5, 5.41) is 4.71. The van der Waals surface area contributed by atoms with Crippen LogP contribution < -0.4 is 5.32 Å². The number of nitrogens with one attached hydrogen (secondary N) is 1. The van der Waals surface area contributed by atoms with Gasteiger partial charge in [-0.15, -0.1) is 23.1 Å². The molecule has 1 N–H and O–H groups in total. The van der Waals surface area contributed by atoms with Crippen molar-refractivity contribution in [2.24, 2.45) is 5.92 Å². The van der Waals surface area contributed by atoms with Crippen LogP contribution in [0.15, 0.2) is 10.9 Å². The predicted octanol–water partition coefficient (Wildman–Crippen LogP) is 1.82. The van der Waals surface area contributed by atoms with Gasteiger partial charge in [0.25, 0.3) is 5.91 Å². The molecule has 7 heteroatoms. The van der Waals surface area contributed by atoms with E-state index in [1.807, 2.05) is 6.92 Å². The first-order valence-corrected chi connectivity index (χ1v) is 8.67. The molecular weight excluding hydrogens is 294 g/mol. The highest BCUT2D eigenvalue weighted by Crippen LogP contribution is 2.23. The van der Waals surface area contributed by atoms with E-state index in [4.69, 9.17) is 0 Å². The zero-order valence-corrected chi connectivity index (χ0v) is 13.5. The third-order valence-corrected chi connectivity index (χ3v) is 5.07. The average molecular weight is 313 g/mol. The number of carbonyl (C=O) groups is 2. The molecule has 1 aromatic rings. The second-order valence-electron chi connectivity index (χ2n) is 5.21. The zero-order chi connectivity index (χ0) is 14.7. The lowest BCUT2D eigenvalue weighted by Crippen LogP contribution is -2.50. The molecule has 1 saturated heterocycles. The molecule has 0 spiro atoms. The second kappa shape index (κ2) is 6.58. The Labute approximate surface area is 127 Å². The van der Waals surface area contributed by atoms with Crippen molar-refractivity contribution < 1.29 is 9.59 Å². The molecule has 1 aliphatic heterocycles. The van der Waals surface area contributed by atoms with E-state index in [1.165, 1.54) is 11.3 Å². The van der Waals surface area contributed by atoms with Crippen molar-refractivity contribution in [3.63, 3.8) is 0 Å². The van der Waals surface area contributed by atoms with Crippen LogP contribution in [0.4, 0.5) is 0 Å². The number of thiazole rings is 1. The Kier molecular flexibility index (Phi) is 5.04. The van der Waals surface area contributed by atoms with Crippen molar-refractivity contribution in [3.05, 3.63) is 16.6 Å². The number of amides is 2. The van der Waals surface area contributed by atoms with Gasteiger partial charge in [0.2, 0.25) is 5.91 Å². The quantitative estimate of drug-likeness (QED) is 0.921. The molecule has 5 nitrogen and oxygen atoms in total. The molecule has 1 aromatic heterocycles. The maximum absolute atomic E-state index is 12.3. The fraction of sp³-hybridized carbons (Fsp3) is 0.615. The first-order chi connectivity index (χ1) is 9.50. The van der Waals surface area contributed by atoms with Crippen molar-refractivity contribution in [2.45, 2.75) is 32.9 Å². The fourth-order valence-electron chi connectivity index (χ4n) is 1.81. The lowest BCUT2D eigenvalue weighted by Gasteiger charge is -2.25. The van der Waals surface area contributed by atoms with Gasteiger partial charge in [0.05, 0.1) is 11.4 Å². The smallest absolute Gasteiger partial charge is 0.274 e. The molecule has 2 rings (SSSR count). The SMILES string of the molecule is CC(C)[C@H](C)NC(=O)[C@@H]1CSCN1C(=O)c1cscn1. The Hall–Kier alpha value is -1.08. The number of rotatable bonds is 4. The van der Waals surface area contributed by atoms with Crippen LogP contribution in [-0.4, -0.2) is 45.4 Å². The molecule has 0 radical (unpaired) electrons. The van der Waals surface area contributed by atoms with Gasteiger partial charge in [-0.1, -0.05) is 13.8 Å². The standard InChI is InChI=1S/C13H19N3O2S2/c1-8(2)9(3)15-12(17)11-5-20-7-16(11)13(18)10-4-19-6-14-10/h4,6,8-9,11H,5,7H2,1-3H3,(H,15,17)/t9-,11-/m0/s1.